The van der Waals surface area contributed by atoms with Crippen molar-refractivity contribution in [1.29, 1.82) is 0 Å². The van der Waals surface area contributed by atoms with Crippen LogP contribution in [0.15, 0.2) is 22.7 Å². The van der Waals surface area contributed by atoms with Gasteiger partial charge in [-0.2, -0.15) is 0 Å². The number of hydrazine groups is 1. The number of rotatable bonds is 4. The van der Waals surface area contributed by atoms with E-state index in [4.69, 9.17) is 5.84 Å². The van der Waals surface area contributed by atoms with Crippen molar-refractivity contribution in [3.8, 4) is 0 Å². The number of nitrogens with two attached hydrogens (primary N) is 1. The first-order valence-electron chi connectivity index (χ1n) is 5.31. The van der Waals surface area contributed by atoms with E-state index in [0.717, 1.165) is 10.9 Å². The van der Waals surface area contributed by atoms with Crippen LogP contribution in [0.2, 0.25) is 0 Å². The van der Waals surface area contributed by atoms with Gasteiger partial charge in [-0.25, -0.2) is 0 Å². The highest BCUT2D eigenvalue weighted by Crippen LogP contribution is 2.26. The van der Waals surface area contributed by atoms with Gasteiger partial charge in [0, 0.05) is 10.5 Å². The van der Waals surface area contributed by atoms with E-state index in [-0.39, 0.29) is 6.04 Å². The second-order valence-electron chi connectivity index (χ2n) is 4.09. The van der Waals surface area contributed by atoms with Gasteiger partial charge >= 0.3 is 0 Å². The Balaban J connectivity index is 3.01. The van der Waals surface area contributed by atoms with Gasteiger partial charge in [0.1, 0.15) is 0 Å². The molecule has 0 aromatic heterocycles. The van der Waals surface area contributed by atoms with Crippen LogP contribution in [0.5, 0.6) is 0 Å². The lowest BCUT2D eigenvalue weighted by Gasteiger charge is -2.23. The molecule has 0 heterocycles. The Kier molecular flexibility index (Phi) is 4.77. The maximum Gasteiger partial charge on any atom is 0.0485 e. The molecule has 0 aliphatic carbocycles. The van der Waals surface area contributed by atoms with Gasteiger partial charge in [-0.1, -0.05) is 42.3 Å². The molecule has 0 saturated heterocycles. The van der Waals surface area contributed by atoms with Gasteiger partial charge in [-0.05, 0) is 36.1 Å². The second kappa shape index (κ2) is 5.64. The molecule has 2 atom stereocenters. The molecule has 0 fully saturated rings. The largest absolute Gasteiger partial charge is 0.271 e. The van der Waals surface area contributed by atoms with Crippen LogP contribution in [-0.4, -0.2) is 0 Å². The van der Waals surface area contributed by atoms with E-state index in [2.05, 4.69) is 60.3 Å². The van der Waals surface area contributed by atoms with Crippen molar-refractivity contribution in [2.75, 3.05) is 0 Å². The molecule has 3 N–H and O–H groups in total. The summed E-state index contributed by atoms with van der Waals surface area (Å²) in [5, 5.41) is 0. The van der Waals surface area contributed by atoms with Gasteiger partial charge < -0.3 is 0 Å². The number of halogens is 1. The van der Waals surface area contributed by atoms with Gasteiger partial charge in [0.2, 0.25) is 0 Å². The minimum absolute atomic E-state index is 0.228. The first kappa shape index (κ1) is 12.7. The van der Waals surface area contributed by atoms with Crippen LogP contribution in [0.3, 0.4) is 0 Å². The summed E-state index contributed by atoms with van der Waals surface area (Å²) in [7, 11) is 0. The molecule has 1 aromatic rings. The number of benzene rings is 1. The topological polar surface area (TPSA) is 38.0 Å². The number of hydrogen-bond acceptors (Lipinski definition) is 2. The van der Waals surface area contributed by atoms with Crippen molar-refractivity contribution in [2.45, 2.75) is 33.2 Å². The van der Waals surface area contributed by atoms with Gasteiger partial charge in [0.05, 0.1) is 0 Å². The molecule has 0 aliphatic heterocycles. The van der Waals surface area contributed by atoms with Gasteiger partial charge in [0.15, 0.2) is 0 Å². The third-order valence-electron chi connectivity index (χ3n) is 2.82. The van der Waals surface area contributed by atoms with Crippen molar-refractivity contribution in [2.24, 2.45) is 11.8 Å². The lowest BCUT2D eigenvalue weighted by Crippen LogP contribution is -2.32. The van der Waals surface area contributed by atoms with E-state index in [0.29, 0.717) is 5.92 Å². The predicted molar refractivity (Wildman–Crippen MR) is 68.4 cm³/mol. The molecule has 15 heavy (non-hydrogen) atoms. The maximum atomic E-state index is 5.62. The van der Waals surface area contributed by atoms with Gasteiger partial charge in [-0.3, -0.25) is 11.3 Å². The Morgan fingerprint density at radius 1 is 1.40 bits per heavy atom. The van der Waals surface area contributed by atoms with Gasteiger partial charge in [-0.15, -0.1) is 0 Å². The molecule has 1 aromatic carbocycles. The summed E-state index contributed by atoms with van der Waals surface area (Å²) in [5.74, 6) is 6.15. The SMILES string of the molecule is CCC(C)C(NN)c1cc(C)cc(Br)c1. The van der Waals surface area contributed by atoms with Crippen molar-refractivity contribution < 1.29 is 0 Å². The molecular formula is C12H19BrN2. The summed E-state index contributed by atoms with van der Waals surface area (Å²) in [5.41, 5.74) is 5.40. The van der Waals surface area contributed by atoms with E-state index in [9.17, 15) is 0 Å². The van der Waals surface area contributed by atoms with Crippen LogP contribution in [0.4, 0.5) is 0 Å². The molecule has 0 spiro atoms. The average molecular weight is 271 g/mol. The minimum Gasteiger partial charge on any atom is -0.271 e. The first-order valence-corrected chi connectivity index (χ1v) is 6.11. The average Bonchev–Trinajstić information content (AvgIpc) is 2.17. The summed E-state index contributed by atoms with van der Waals surface area (Å²) in [4.78, 5) is 0. The van der Waals surface area contributed by atoms with E-state index in [1.807, 2.05) is 0 Å². The van der Waals surface area contributed by atoms with Crippen LogP contribution in [-0.2, 0) is 0 Å². The highest BCUT2D eigenvalue weighted by molar-refractivity contribution is 9.10. The summed E-state index contributed by atoms with van der Waals surface area (Å²) >= 11 is 3.51. The predicted octanol–water partition coefficient (Wildman–Crippen LogP) is 3.31. The first-order chi connectivity index (χ1) is 7.08. The van der Waals surface area contributed by atoms with E-state index in [1.165, 1.54) is 11.1 Å². The quantitative estimate of drug-likeness (QED) is 0.651. The minimum atomic E-state index is 0.228. The summed E-state index contributed by atoms with van der Waals surface area (Å²) in [6.45, 7) is 6.49. The van der Waals surface area contributed by atoms with E-state index in [1.54, 1.807) is 0 Å². The van der Waals surface area contributed by atoms with E-state index < -0.39 is 0 Å². The Morgan fingerprint density at radius 3 is 2.53 bits per heavy atom. The monoisotopic (exact) mass is 270 g/mol. The smallest absolute Gasteiger partial charge is 0.0485 e. The standard InChI is InChI=1S/C12H19BrN2/c1-4-9(3)12(15-14)10-5-8(2)6-11(13)7-10/h5-7,9,12,15H,4,14H2,1-3H3. The van der Waals surface area contributed by atoms with Crippen LogP contribution in [0, 0.1) is 12.8 Å². The lowest BCUT2D eigenvalue weighted by atomic mass is 9.92. The molecule has 0 aliphatic rings. The van der Waals surface area contributed by atoms with Crippen LogP contribution >= 0.6 is 15.9 Å². The van der Waals surface area contributed by atoms with Crippen molar-refractivity contribution in [1.82, 2.24) is 5.43 Å². The molecule has 0 amide bonds. The fraction of sp³-hybridized carbons (Fsp3) is 0.500. The van der Waals surface area contributed by atoms with Crippen molar-refractivity contribution in [3.63, 3.8) is 0 Å². The molecular weight excluding hydrogens is 252 g/mol. The molecule has 0 bridgehead atoms. The molecule has 2 nitrogen and oxygen atoms in total. The number of hydrogen-bond donors (Lipinski definition) is 2. The van der Waals surface area contributed by atoms with Crippen molar-refractivity contribution >= 4 is 15.9 Å². The van der Waals surface area contributed by atoms with E-state index >= 15 is 0 Å². The van der Waals surface area contributed by atoms with Crippen LogP contribution in [0.1, 0.15) is 37.4 Å². The Labute approximate surface area is 100 Å². The molecule has 1 rings (SSSR count). The molecule has 84 valence electrons. The third-order valence-corrected chi connectivity index (χ3v) is 3.27. The molecule has 0 radical (unpaired) electrons. The Morgan fingerprint density at radius 2 is 2.07 bits per heavy atom. The molecule has 2 unspecified atom stereocenters. The fourth-order valence-corrected chi connectivity index (χ4v) is 2.39. The molecule has 0 saturated carbocycles. The highest BCUT2D eigenvalue weighted by atomic mass is 79.9. The second-order valence-corrected chi connectivity index (χ2v) is 5.01. The van der Waals surface area contributed by atoms with Gasteiger partial charge in [0.25, 0.3) is 0 Å². The summed E-state index contributed by atoms with van der Waals surface area (Å²) in [6, 6.07) is 6.64. The summed E-state index contributed by atoms with van der Waals surface area (Å²) in [6.07, 6.45) is 1.11. The Hall–Kier alpha value is -0.380. The maximum absolute atomic E-state index is 5.62. The van der Waals surface area contributed by atoms with Crippen LogP contribution in [0.25, 0.3) is 0 Å². The molecule has 3 heteroatoms. The fourth-order valence-electron chi connectivity index (χ4n) is 1.77. The Bertz CT molecular complexity index is 305. The van der Waals surface area contributed by atoms with Crippen molar-refractivity contribution in [3.05, 3.63) is 33.8 Å². The third kappa shape index (κ3) is 3.30. The summed E-state index contributed by atoms with van der Waals surface area (Å²) < 4.78 is 1.11. The zero-order valence-corrected chi connectivity index (χ0v) is 11.1. The number of nitrogens with one attached hydrogen (secondary N) is 1. The highest BCUT2D eigenvalue weighted by Gasteiger charge is 2.16. The number of aryl methyl sites for hydroxylation is 1. The van der Waals surface area contributed by atoms with Crippen LogP contribution < -0.4 is 11.3 Å². The normalized spacial score (nSPS) is 15.0. The lowest BCUT2D eigenvalue weighted by molar-refractivity contribution is 0.383. The zero-order valence-electron chi connectivity index (χ0n) is 9.55. The zero-order chi connectivity index (χ0) is 11.4.